The average molecular weight is 370 g/mol. The fourth-order valence-electron chi connectivity index (χ4n) is 2.98. The number of anilines is 2. The second kappa shape index (κ2) is 7.53. The molecule has 1 saturated heterocycles. The summed E-state index contributed by atoms with van der Waals surface area (Å²) in [7, 11) is 0. The minimum atomic E-state index is -0.435. The van der Waals surface area contributed by atoms with Gasteiger partial charge in [0.2, 0.25) is 0 Å². The number of rotatable bonds is 6. The van der Waals surface area contributed by atoms with Gasteiger partial charge in [0, 0.05) is 30.9 Å². The number of thiophene rings is 1. The minimum Gasteiger partial charge on any atom is -0.392 e. The van der Waals surface area contributed by atoms with E-state index in [1.807, 2.05) is 23.6 Å². The molecular weight excluding hydrogens is 348 g/mol. The zero-order valence-corrected chi connectivity index (χ0v) is 15.4. The number of nitrogens with one attached hydrogen (secondary N) is 3. The number of aliphatic hydroxyl groups is 1. The molecule has 0 amide bonds. The van der Waals surface area contributed by atoms with Crippen LogP contribution in [-0.4, -0.2) is 51.8 Å². The second-order valence-corrected chi connectivity index (χ2v) is 7.44. The molecule has 4 N–H and O–H groups in total. The Morgan fingerprint density at radius 1 is 1.38 bits per heavy atom. The third kappa shape index (κ3) is 3.77. The van der Waals surface area contributed by atoms with Gasteiger partial charge >= 0.3 is 0 Å². The largest absolute Gasteiger partial charge is 0.392 e. The number of fused-ring (bicyclic) bond motifs is 1. The van der Waals surface area contributed by atoms with Gasteiger partial charge < -0.3 is 21.1 Å². The number of aromatic nitrogens is 3. The van der Waals surface area contributed by atoms with Crippen molar-refractivity contribution >= 4 is 33.2 Å². The summed E-state index contributed by atoms with van der Waals surface area (Å²) in [6.45, 7) is 4.17. The smallest absolute Gasteiger partial charge is 0.162 e. The van der Waals surface area contributed by atoms with Crippen LogP contribution in [0.15, 0.2) is 29.8 Å². The highest BCUT2D eigenvalue weighted by Gasteiger charge is 2.18. The van der Waals surface area contributed by atoms with Crippen molar-refractivity contribution in [1.29, 1.82) is 0 Å². The second-order valence-electron chi connectivity index (χ2n) is 6.52. The van der Waals surface area contributed by atoms with Crippen molar-refractivity contribution in [3.05, 3.63) is 29.8 Å². The summed E-state index contributed by atoms with van der Waals surface area (Å²) in [5.41, 5.74) is 1.84. The molecule has 2 atom stereocenters. The fourth-order valence-corrected chi connectivity index (χ4v) is 3.76. The third-order valence-electron chi connectivity index (χ3n) is 4.30. The van der Waals surface area contributed by atoms with Crippen LogP contribution in [0.1, 0.15) is 13.3 Å². The van der Waals surface area contributed by atoms with E-state index in [0.29, 0.717) is 24.2 Å². The predicted molar refractivity (Wildman–Crippen MR) is 106 cm³/mol. The van der Waals surface area contributed by atoms with Crippen LogP contribution in [0.5, 0.6) is 0 Å². The number of nitrogens with zero attached hydrogens (tertiary/aromatic N) is 3. The summed E-state index contributed by atoms with van der Waals surface area (Å²) < 4.78 is 1.09. The minimum absolute atomic E-state index is 0.392. The Bertz CT molecular complexity index is 890. The van der Waals surface area contributed by atoms with E-state index < -0.39 is 6.10 Å². The Morgan fingerprint density at radius 3 is 3.12 bits per heavy atom. The number of hydrogen-bond acceptors (Lipinski definition) is 8. The van der Waals surface area contributed by atoms with Crippen LogP contribution >= 0.6 is 11.3 Å². The zero-order valence-electron chi connectivity index (χ0n) is 14.6. The number of pyridine rings is 1. The molecule has 1 aliphatic heterocycles. The van der Waals surface area contributed by atoms with Crippen LogP contribution in [-0.2, 0) is 0 Å². The van der Waals surface area contributed by atoms with Gasteiger partial charge in [-0.1, -0.05) is 0 Å². The topological polar surface area (TPSA) is 95.0 Å². The van der Waals surface area contributed by atoms with Crippen LogP contribution in [0.25, 0.3) is 21.6 Å². The van der Waals surface area contributed by atoms with Gasteiger partial charge in [0.1, 0.15) is 11.6 Å². The quantitative estimate of drug-likeness (QED) is 0.529. The van der Waals surface area contributed by atoms with Crippen molar-refractivity contribution in [3.8, 4) is 11.4 Å². The van der Waals surface area contributed by atoms with E-state index >= 15 is 0 Å². The molecule has 4 rings (SSSR count). The van der Waals surface area contributed by atoms with E-state index in [9.17, 15) is 5.11 Å². The van der Waals surface area contributed by atoms with Crippen molar-refractivity contribution in [3.63, 3.8) is 0 Å². The van der Waals surface area contributed by atoms with Gasteiger partial charge in [0.25, 0.3) is 0 Å². The Balaban J connectivity index is 1.66. The van der Waals surface area contributed by atoms with Gasteiger partial charge in [-0.3, -0.25) is 0 Å². The third-order valence-corrected chi connectivity index (χ3v) is 5.21. The molecule has 1 unspecified atom stereocenters. The predicted octanol–water partition coefficient (Wildman–Crippen LogP) is 2.32. The van der Waals surface area contributed by atoms with E-state index in [0.717, 1.165) is 41.1 Å². The van der Waals surface area contributed by atoms with Crippen molar-refractivity contribution in [2.45, 2.75) is 25.5 Å². The first-order valence-electron chi connectivity index (χ1n) is 8.80. The van der Waals surface area contributed by atoms with Crippen LogP contribution in [0.2, 0.25) is 0 Å². The molecule has 0 radical (unpaired) electrons. The van der Waals surface area contributed by atoms with Crippen molar-refractivity contribution in [2.24, 2.45) is 0 Å². The first-order chi connectivity index (χ1) is 12.7. The normalized spacial score (nSPS) is 18.2. The number of aliphatic hydroxyl groups excluding tert-OH is 1. The molecule has 0 bridgehead atoms. The highest BCUT2D eigenvalue weighted by molar-refractivity contribution is 7.17. The maximum Gasteiger partial charge on any atom is 0.162 e. The lowest BCUT2D eigenvalue weighted by atomic mass is 10.2. The summed E-state index contributed by atoms with van der Waals surface area (Å²) in [5, 5.41) is 21.5. The van der Waals surface area contributed by atoms with E-state index in [-0.39, 0.29) is 0 Å². The lowest BCUT2D eigenvalue weighted by Gasteiger charge is -2.14. The Labute approximate surface area is 155 Å². The monoisotopic (exact) mass is 370 g/mol. The highest BCUT2D eigenvalue weighted by atomic mass is 32.1. The molecule has 8 heteroatoms. The first kappa shape index (κ1) is 17.1. The summed E-state index contributed by atoms with van der Waals surface area (Å²) >= 11 is 1.66. The molecule has 3 aromatic heterocycles. The van der Waals surface area contributed by atoms with Gasteiger partial charge in [-0.2, -0.15) is 0 Å². The molecule has 26 heavy (non-hydrogen) atoms. The van der Waals surface area contributed by atoms with Crippen LogP contribution in [0, 0.1) is 0 Å². The van der Waals surface area contributed by atoms with E-state index in [1.165, 1.54) is 0 Å². The van der Waals surface area contributed by atoms with Crippen LogP contribution < -0.4 is 16.0 Å². The van der Waals surface area contributed by atoms with E-state index in [4.69, 9.17) is 9.97 Å². The lowest BCUT2D eigenvalue weighted by molar-refractivity contribution is 0.208. The molecule has 3 aromatic rings. The van der Waals surface area contributed by atoms with E-state index in [1.54, 1.807) is 24.5 Å². The summed E-state index contributed by atoms with van der Waals surface area (Å²) in [5.74, 6) is 2.27. The van der Waals surface area contributed by atoms with Gasteiger partial charge in [0.15, 0.2) is 5.82 Å². The lowest BCUT2D eigenvalue weighted by Crippen LogP contribution is -2.22. The molecule has 4 heterocycles. The molecule has 136 valence electrons. The van der Waals surface area contributed by atoms with Gasteiger partial charge in [-0.15, -0.1) is 11.3 Å². The molecule has 0 spiro atoms. The van der Waals surface area contributed by atoms with Gasteiger partial charge in [0.05, 0.1) is 16.3 Å². The SMILES string of the molecule is CC(O)CNc1cc(-c2nc(N[C@@H]3CCNC3)c3sccc3n2)ccn1. The van der Waals surface area contributed by atoms with Gasteiger partial charge in [-0.25, -0.2) is 15.0 Å². The molecule has 1 fully saturated rings. The highest BCUT2D eigenvalue weighted by Crippen LogP contribution is 2.30. The van der Waals surface area contributed by atoms with Crippen LogP contribution in [0.3, 0.4) is 0 Å². The van der Waals surface area contributed by atoms with E-state index in [2.05, 4.69) is 20.9 Å². The maximum atomic E-state index is 9.44. The first-order valence-corrected chi connectivity index (χ1v) is 9.68. The average Bonchev–Trinajstić information content (AvgIpc) is 3.31. The molecule has 0 saturated carbocycles. The molecule has 0 aromatic carbocycles. The van der Waals surface area contributed by atoms with Crippen molar-refractivity contribution in [1.82, 2.24) is 20.3 Å². The molecule has 0 aliphatic carbocycles. The zero-order chi connectivity index (χ0) is 17.9. The fraction of sp³-hybridized carbons (Fsp3) is 0.389. The summed E-state index contributed by atoms with van der Waals surface area (Å²) in [6, 6.07) is 6.24. The standard InChI is InChI=1S/C18H22N6OS/c1-11(25)9-21-15-8-12(2-6-20-15)17-23-14-4-7-26-16(14)18(24-17)22-13-3-5-19-10-13/h2,4,6-8,11,13,19,25H,3,5,9-10H2,1H3,(H,20,21)(H,22,23,24)/t11?,13-/m1/s1. The maximum absolute atomic E-state index is 9.44. The van der Waals surface area contributed by atoms with Crippen LogP contribution in [0.4, 0.5) is 11.6 Å². The van der Waals surface area contributed by atoms with Crippen molar-refractivity contribution in [2.75, 3.05) is 30.3 Å². The Kier molecular flexibility index (Phi) is 4.96. The Morgan fingerprint density at radius 2 is 2.31 bits per heavy atom. The Hall–Kier alpha value is -2.29. The molecule has 7 nitrogen and oxygen atoms in total. The van der Waals surface area contributed by atoms with Gasteiger partial charge in [-0.05, 0) is 43.5 Å². The summed E-state index contributed by atoms with van der Waals surface area (Å²) in [4.78, 5) is 13.8. The molecular formula is C18H22N6OS. The van der Waals surface area contributed by atoms with Crippen molar-refractivity contribution < 1.29 is 5.11 Å². The summed E-state index contributed by atoms with van der Waals surface area (Å²) in [6.07, 6.45) is 2.39. The number of hydrogen-bond donors (Lipinski definition) is 4. The molecule has 1 aliphatic rings.